The first kappa shape index (κ1) is 20.5. The van der Waals surface area contributed by atoms with E-state index in [1.54, 1.807) is 13.0 Å². The minimum Gasteiger partial charge on any atom is -0.469 e. The zero-order valence-corrected chi connectivity index (χ0v) is 17.0. The molecule has 27 heavy (non-hydrogen) atoms. The van der Waals surface area contributed by atoms with Gasteiger partial charge in [0, 0.05) is 22.0 Å². The summed E-state index contributed by atoms with van der Waals surface area (Å²) in [5.74, 6) is 0.992. The van der Waals surface area contributed by atoms with Crippen LogP contribution in [0.2, 0.25) is 0 Å². The molecule has 0 aliphatic carbocycles. The standard InChI is InChI=1S/C18H18N4O2S.C2H6/c1-11-10-12(2)20-18(19-11)22-25-15-6-4-14(5-7-15)21-17(23)16-8-9-24-13(16)3;1-2/h4-10H,1-3H3,(H,21,23)(H,19,20,22);1-2H3. The average Bonchev–Trinajstić information content (AvgIpc) is 3.08. The Morgan fingerprint density at radius 1 is 1.00 bits per heavy atom. The van der Waals surface area contributed by atoms with Gasteiger partial charge in [-0.2, -0.15) is 0 Å². The van der Waals surface area contributed by atoms with Crippen LogP contribution in [-0.2, 0) is 0 Å². The van der Waals surface area contributed by atoms with E-state index < -0.39 is 0 Å². The van der Waals surface area contributed by atoms with Crippen molar-refractivity contribution in [3.63, 3.8) is 0 Å². The molecule has 3 rings (SSSR count). The highest BCUT2D eigenvalue weighted by Crippen LogP contribution is 2.22. The molecule has 0 aliphatic rings. The van der Waals surface area contributed by atoms with Crippen molar-refractivity contribution >= 4 is 29.5 Å². The fourth-order valence-electron chi connectivity index (χ4n) is 2.30. The topological polar surface area (TPSA) is 80.0 Å². The molecule has 0 radical (unpaired) electrons. The van der Waals surface area contributed by atoms with E-state index in [1.807, 2.05) is 58.0 Å². The molecule has 0 aliphatic heterocycles. The molecule has 1 amide bonds. The van der Waals surface area contributed by atoms with E-state index in [4.69, 9.17) is 4.42 Å². The van der Waals surface area contributed by atoms with Gasteiger partial charge in [-0.1, -0.05) is 13.8 Å². The van der Waals surface area contributed by atoms with Gasteiger partial charge in [0.25, 0.3) is 5.91 Å². The minimum atomic E-state index is -0.187. The lowest BCUT2D eigenvalue weighted by atomic mass is 10.2. The lowest BCUT2D eigenvalue weighted by Crippen LogP contribution is -2.11. The Balaban J connectivity index is 0.00000126. The van der Waals surface area contributed by atoms with Gasteiger partial charge < -0.3 is 9.73 Å². The molecule has 0 saturated carbocycles. The number of hydrogen-bond acceptors (Lipinski definition) is 6. The fourth-order valence-corrected chi connectivity index (χ4v) is 2.87. The Hall–Kier alpha value is -2.80. The molecule has 2 heterocycles. The number of furan rings is 1. The van der Waals surface area contributed by atoms with Crippen molar-refractivity contribution in [2.75, 3.05) is 10.0 Å². The van der Waals surface area contributed by atoms with Gasteiger partial charge in [0.05, 0.1) is 11.8 Å². The molecule has 2 N–H and O–H groups in total. The molecular formula is C20H24N4O2S. The highest BCUT2D eigenvalue weighted by atomic mass is 32.2. The number of benzene rings is 1. The van der Waals surface area contributed by atoms with Gasteiger partial charge in [-0.15, -0.1) is 0 Å². The summed E-state index contributed by atoms with van der Waals surface area (Å²) >= 11 is 1.42. The lowest BCUT2D eigenvalue weighted by molar-refractivity contribution is 0.102. The summed E-state index contributed by atoms with van der Waals surface area (Å²) in [5, 5.41) is 2.85. The molecular weight excluding hydrogens is 360 g/mol. The van der Waals surface area contributed by atoms with E-state index in [0.717, 1.165) is 22.0 Å². The number of rotatable bonds is 5. The average molecular weight is 385 g/mol. The van der Waals surface area contributed by atoms with E-state index in [9.17, 15) is 4.79 Å². The van der Waals surface area contributed by atoms with Gasteiger partial charge in [0.15, 0.2) is 0 Å². The normalized spacial score (nSPS) is 9.96. The predicted octanol–water partition coefficient (Wildman–Crippen LogP) is 5.39. The number of amides is 1. The SMILES string of the molecule is CC.Cc1cc(C)nc(NSc2ccc(NC(=O)c3ccoc3C)cc2)n1. The molecule has 0 bridgehead atoms. The molecule has 3 aromatic rings. The Morgan fingerprint density at radius 3 is 2.19 bits per heavy atom. The molecule has 6 nitrogen and oxygen atoms in total. The second kappa shape index (κ2) is 9.78. The molecule has 7 heteroatoms. The molecule has 0 unspecified atom stereocenters. The molecule has 0 spiro atoms. The lowest BCUT2D eigenvalue weighted by Gasteiger charge is -2.07. The number of nitrogens with one attached hydrogen (secondary N) is 2. The van der Waals surface area contributed by atoms with Crippen molar-refractivity contribution in [2.45, 2.75) is 39.5 Å². The van der Waals surface area contributed by atoms with Crippen molar-refractivity contribution in [1.82, 2.24) is 9.97 Å². The van der Waals surface area contributed by atoms with E-state index in [1.165, 1.54) is 18.2 Å². The summed E-state index contributed by atoms with van der Waals surface area (Å²) < 4.78 is 8.28. The van der Waals surface area contributed by atoms with Crippen LogP contribution in [0.1, 0.15) is 41.4 Å². The molecule has 0 saturated heterocycles. The summed E-state index contributed by atoms with van der Waals surface area (Å²) in [7, 11) is 0. The number of carbonyl (C=O) groups excluding carboxylic acids is 1. The van der Waals surface area contributed by atoms with Crippen molar-refractivity contribution in [3.8, 4) is 0 Å². The van der Waals surface area contributed by atoms with Crippen molar-refractivity contribution < 1.29 is 9.21 Å². The Labute approximate surface area is 163 Å². The second-order valence-corrected chi connectivity index (χ2v) is 6.43. The van der Waals surface area contributed by atoms with Gasteiger partial charge in [0.1, 0.15) is 5.76 Å². The van der Waals surface area contributed by atoms with Crippen LogP contribution in [0.4, 0.5) is 11.6 Å². The maximum absolute atomic E-state index is 12.2. The third-order valence-electron chi connectivity index (χ3n) is 3.46. The van der Waals surface area contributed by atoms with Crippen LogP contribution in [0, 0.1) is 20.8 Å². The van der Waals surface area contributed by atoms with Crippen LogP contribution >= 0.6 is 11.9 Å². The first-order valence-electron chi connectivity index (χ1n) is 8.72. The number of aryl methyl sites for hydroxylation is 3. The van der Waals surface area contributed by atoms with Crippen molar-refractivity contribution in [3.05, 3.63) is 65.4 Å². The highest BCUT2D eigenvalue weighted by Gasteiger charge is 2.11. The maximum Gasteiger partial charge on any atom is 0.259 e. The van der Waals surface area contributed by atoms with Crippen molar-refractivity contribution in [2.24, 2.45) is 0 Å². The molecule has 0 fully saturated rings. The van der Waals surface area contributed by atoms with Crippen LogP contribution in [0.5, 0.6) is 0 Å². The van der Waals surface area contributed by atoms with Gasteiger partial charge in [0.2, 0.25) is 5.95 Å². The summed E-state index contributed by atoms with van der Waals surface area (Å²) in [6, 6.07) is 11.1. The van der Waals surface area contributed by atoms with Crippen LogP contribution in [-0.4, -0.2) is 15.9 Å². The highest BCUT2D eigenvalue weighted by molar-refractivity contribution is 8.00. The fraction of sp³-hybridized carbons (Fsp3) is 0.250. The Morgan fingerprint density at radius 2 is 1.63 bits per heavy atom. The quantitative estimate of drug-likeness (QED) is 0.574. The number of hydrogen-bond donors (Lipinski definition) is 2. The minimum absolute atomic E-state index is 0.187. The molecule has 0 atom stereocenters. The monoisotopic (exact) mass is 384 g/mol. The number of nitrogens with zero attached hydrogens (tertiary/aromatic N) is 2. The van der Waals surface area contributed by atoms with E-state index in [-0.39, 0.29) is 5.91 Å². The second-order valence-electron chi connectivity index (χ2n) is 5.55. The smallest absolute Gasteiger partial charge is 0.259 e. The first-order valence-corrected chi connectivity index (χ1v) is 9.53. The predicted molar refractivity (Wildman–Crippen MR) is 110 cm³/mol. The number of anilines is 2. The third kappa shape index (κ3) is 5.86. The number of carbonyl (C=O) groups is 1. The van der Waals surface area contributed by atoms with E-state index in [2.05, 4.69) is 20.0 Å². The molecule has 1 aromatic carbocycles. The van der Waals surface area contributed by atoms with Crippen LogP contribution < -0.4 is 10.0 Å². The van der Waals surface area contributed by atoms with Gasteiger partial charge in [-0.3, -0.25) is 9.52 Å². The van der Waals surface area contributed by atoms with E-state index in [0.29, 0.717) is 17.3 Å². The summed E-state index contributed by atoms with van der Waals surface area (Å²) in [5.41, 5.74) is 3.09. The molecule has 142 valence electrons. The molecule has 2 aromatic heterocycles. The maximum atomic E-state index is 12.2. The van der Waals surface area contributed by atoms with Crippen molar-refractivity contribution in [1.29, 1.82) is 0 Å². The van der Waals surface area contributed by atoms with E-state index >= 15 is 0 Å². The summed E-state index contributed by atoms with van der Waals surface area (Å²) in [6.07, 6.45) is 1.50. The van der Waals surface area contributed by atoms with Crippen LogP contribution in [0.3, 0.4) is 0 Å². The van der Waals surface area contributed by atoms with Crippen LogP contribution in [0.25, 0.3) is 0 Å². The largest absolute Gasteiger partial charge is 0.469 e. The van der Waals surface area contributed by atoms with Gasteiger partial charge in [-0.05, 0) is 69.1 Å². The summed E-state index contributed by atoms with van der Waals surface area (Å²) in [6.45, 7) is 9.63. The Kier molecular flexibility index (Phi) is 7.43. The first-order chi connectivity index (χ1) is 13.0. The zero-order valence-electron chi connectivity index (χ0n) is 16.2. The summed E-state index contributed by atoms with van der Waals surface area (Å²) in [4.78, 5) is 21.8. The van der Waals surface area contributed by atoms with Crippen LogP contribution in [0.15, 0.2) is 52.0 Å². The Bertz CT molecular complexity index is 871. The number of aromatic nitrogens is 2. The third-order valence-corrected chi connectivity index (χ3v) is 4.25. The zero-order chi connectivity index (χ0) is 19.8. The van der Waals surface area contributed by atoms with Gasteiger partial charge >= 0.3 is 0 Å². The van der Waals surface area contributed by atoms with Gasteiger partial charge in [-0.25, -0.2) is 9.97 Å².